The molecule has 0 saturated heterocycles. The topological polar surface area (TPSA) is 17.1 Å². The van der Waals surface area contributed by atoms with Gasteiger partial charge < -0.3 is 0 Å². The first-order chi connectivity index (χ1) is 6.47. The minimum Gasteiger partial charge on any atom is -0.287 e. The lowest BCUT2D eigenvalue weighted by atomic mass is 10.0. The van der Waals surface area contributed by atoms with Gasteiger partial charge >= 0.3 is 5.92 Å². The first kappa shape index (κ1) is 10.8. The molecule has 0 spiro atoms. The summed E-state index contributed by atoms with van der Waals surface area (Å²) in [5.74, 6) is -4.34. The molecule has 0 aliphatic carbocycles. The van der Waals surface area contributed by atoms with Gasteiger partial charge in [-0.15, -0.1) is 0 Å². The molecule has 0 N–H and O–H groups in total. The van der Waals surface area contributed by atoms with Crippen LogP contribution in [-0.4, -0.2) is 11.7 Å². The molecule has 0 atom stereocenters. The molecule has 0 radical (unpaired) electrons. The van der Waals surface area contributed by atoms with E-state index in [9.17, 15) is 13.6 Å². The summed E-state index contributed by atoms with van der Waals surface area (Å²) < 4.78 is 26.0. The number of hydrogen-bond donors (Lipinski definition) is 0. The van der Waals surface area contributed by atoms with Gasteiger partial charge in [0.25, 0.3) is 0 Å². The second kappa shape index (κ2) is 3.86. The van der Waals surface area contributed by atoms with Gasteiger partial charge in [0.05, 0.1) is 0 Å². The van der Waals surface area contributed by atoms with Gasteiger partial charge in [-0.3, -0.25) is 4.79 Å². The molecule has 14 heavy (non-hydrogen) atoms. The number of carbonyl (C=O) groups is 1. The first-order valence-corrected chi connectivity index (χ1v) is 4.46. The largest absolute Gasteiger partial charge is 0.309 e. The third kappa shape index (κ3) is 2.16. The summed E-state index contributed by atoms with van der Waals surface area (Å²) in [4.78, 5) is 11.3. The zero-order chi connectivity index (χ0) is 10.8. The van der Waals surface area contributed by atoms with Crippen LogP contribution in [-0.2, 0) is 0 Å². The summed E-state index contributed by atoms with van der Waals surface area (Å²) in [5, 5.41) is 0. The van der Waals surface area contributed by atoms with Crippen LogP contribution in [0.4, 0.5) is 8.78 Å². The van der Waals surface area contributed by atoms with Crippen molar-refractivity contribution in [2.75, 3.05) is 0 Å². The van der Waals surface area contributed by atoms with Crippen molar-refractivity contribution in [1.82, 2.24) is 0 Å². The Balaban J connectivity index is 2.96. The van der Waals surface area contributed by atoms with Crippen LogP contribution >= 0.6 is 0 Å². The molecule has 0 bridgehead atoms. The lowest BCUT2D eigenvalue weighted by Gasteiger charge is -2.12. The fraction of sp³-hybridized carbons (Fsp3) is 0.364. The SMILES string of the molecule is CCC(F)(F)C(=O)c1ccc(C)cc1. The van der Waals surface area contributed by atoms with Crippen LogP contribution in [0, 0.1) is 6.92 Å². The van der Waals surface area contributed by atoms with E-state index in [1.807, 2.05) is 6.92 Å². The number of halogens is 2. The van der Waals surface area contributed by atoms with Crippen molar-refractivity contribution < 1.29 is 13.6 Å². The molecule has 0 fully saturated rings. The molecule has 76 valence electrons. The Labute approximate surface area is 81.7 Å². The molecule has 1 nitrogen and oxygen atoms in total. The third-order valence-corrected chi connectivity index (χ3v) is 2.09. The molecule has 1 aromatic rings. The monoisotopic (exact) mass is 198 g/mol. The minimum atomic E-state index is -3.24. The number of rotatable bonds is 3. The molecular formula is C11H12F2O. The van der Waals surface area contributed by atoms with Crippen LogP contribution < -0.4 is 0 Å². The summed E-state index contributed by atoms with van der Waals surface area (Å²) in [7, 11) is 0. The van der Waals surface area contributed by atoms with Crippen molar-refractivity contribution in [3.05, 3.63) is 35.4 Å². The lowest BCUT2D eigenvalue weighted by Crippen LogP contribution is -2.27. The molecular weight excluding hydrogens is 186 g/mol. The summed E-state index contributed by atoms with van der Waals surface area (Å²) in [6.07, 6.45) is -0.459. The van der Waals surface area contributed by atoms with E-state index in [2.05, 4.69) is 0 Å². The van der Waals surface area contributed by atoms with Crippen molar-refractivity contribution in [1.29, 1.82) is 0 Å². The van der Waals surface area contributed by atoms with E-state index in [4.69, 9.17) is 0 Å². The fourth-order valence-corrected chi connectivity index (χ4v) is 1.08. The smallest absolute Gasteiger partial charge is 0.287 e. The molecule has 1 aromatic carbocycles. The number of hydrogen-bond acceptors (Lipinski definition) is 1. The van der Waals surface area contributed by atoms with Crippen LogP contribution in [0.25, 0.3) is 0 Å². The second-order valence-corrected chi connectivity index (χ2v) is 3.25. The van der Waals surface area contributed by atoms with Gasteiger partial charge in [0.2, 0.25) is 5.78 Å². The average molecular weight is 198 g/mol. The van der Waals surface area contributed by atoms with Gasteiger partial charge in [0.1, 0.15) is 0 Å². The molecule has 1 rings (SSSR count). The highest BCUT2D eigenvalue weighted by Crippen LogP contribution is 2.23. The maximum Gasteiger partial charge on any atom is 0.309 e. The molecule has 0 heterocycles. The third-order valence-electron chi connectivity index (χ3n) is 2.09. The average Bonchev–Trinajstić information content (AvgIpc) is 2.18. The maximum absolute atomic E-state index is 13.0. The molecule has 0 amide bonds. The van der Waals surface area contributed by atoms with Crippen molar-refractivity contribution in [2.24, 2.45) is 0 Å². The van der Waals surface area contributed by atoms with Gasteiger partial charge in [0, 0.05) is 12.0 Å². The van der Waals surface area contributed by atoms with Crippen LogP contribution in [0.15, 0.2) is 24.3 Å². The number of carbonyl (C=O) groups excluding carboxylic acids is 1. The molecule has 0 unspecified atom stereocenters. The molecule has 0 aliphatic heterocycles. The maximum atomic E-state index is 13.0. The van der Waals surface area contributed by atoms with Crippen LogP contribution in [0.5, 0.6) is 0 Å². The molecule has 3 heteroatoms. The van der Waals surface area contributed by atoms with Gasteiger partial charge in [-0.25, -0.2) is 0 Å². The van der Waals surface area contributed by atoms with E-state index in [0.717, 1.165) is 5.56 Å². The van der Waals surface area contributed by atoms with Crippen molar-refractivity contribution in [2.45, 2.75) is 26.2 Å². The fourth-order valence-electron chi connectivity index (χ4n) is 1.08. The van der Waals surface area contributed by atoms with E-state index in [-0.39, 0.29) is 5.56 Å². The van der Waals surface area contributed by atoms with Gasteiger partial charge in [-0.2, -0.15) is 8.78 Å². The van der Waals surface area contributed by atoms with Gasteiger partial charge in [-0.05, 0) is 6.92 Å². The summed E-state index contributed by atoms with van der Waals surface area (Å²) in [6, 6.07) is 6.17. The Kier molecular flexibility index (Phi) is 2.99. The number of ketones is 1. The highest BCUT2D eigenvalue weighted by molar-refractivity contribution is 6.01. The normalized spacial score (nSPS) is 11.4. The Morgan fingerprint density at radius 1 is 1.29 bits per heavy atom. The number of aryl methyl sites for hydroxylation is 1. The lowest BCUT2D eigenvalue weighted by molar-refractivity contribution is 0.00805. The standard InChI is InChI=1S/C11H12F2O/c1-3-11(12,13)10(14)9-6-4-8(2)5-7-9/h4-7H,3H2,1-2H3. The summed E-state index contributed by atoms with van der Waals surface area (Å²) >= 11 is 0. The van der Waals surface area contributed by atoms with Crippen molar-refractivity contribution >= 4 is 5.78 Å². The number of alkyl halides is 2. The summed E-state index contributed by atoms with van der Waals surface area (Å²) in [6.45, 7) is 3.14. The van der Waals surface area contributed by atoms with Crippen molar-refractivity contribution in [3.8, 4) is 0 Å². The van der Waals surface area contributed by atoms with Gasteiger partial charge in [0.15, 0.2) is 0 Å². The highest BCUT2D eigenvalue weighted by atomic mass is 19.3. The van der Waals surface area contributed by atoms with Gasteiger partial charge in [-0.1, -0.05) is 36.8 Å². The van der Waals surface area contributed by atoms with Crippen LogP contribution in [0.3, 0.4) is 0 Å². The molecule has 0 saturated carbocycles. The van der Waals surface area contributed by atoms with E-state index in [1.54, 1.807) is 12.1 Å². The second-order valence-electron chi connectivity index (χ2n) is 3.25. The molecule has 0 aromatic heterocycles. The van der Waals surface area contributed by atoms with E-state index in [1.165, 1.54) is 19.1 Å². The van der Waals surface area contributed by atoms with Crippen LogP contribution in [0.2, 0.25) is 0 Å². The predicted molar refractivity (Wildman–Crippen MR) is 50.7 cm³/mol. The Hall–Kier alpha value is -1.25. The number of benzene rings is 1. The summed E-state index contributed by atoms with van der Waals surface area (Å²) in [5.41, 5.74) is 1.02. The zero-order valence-corrected chi connectivity index (χ0v) is 8.18. The van der Waals surface area contributed by atoms with E-state index in [0.29, 0.717) is 0 Å². The Bertz CT molecular complexity index is 328. The predicted octanol–water partition coefficient (Wildman–Crippen LogP) is 3.22. The van der Waals surface area contributed by atoms with Crippen molar-refractivity contribution in [3.63, 3.8) is 0 Å². The quantitative estimate of drug-likeness (QED) is 0.681. The first-order valence-electron chi connectivity index (χ1n) is 4.46. The highest BCUT2D eigenvalue weighted by Gasteiger charge is 2.36. The Morgan fingerprint density at radius 2 is 1.79 bits per heavy atom. The van der Waals surface area contributed by atoms with E-state index >= 15 is 0 Å². The number of Topliss-reactive ketones (excluding diaryl/α,β-unsaturated/α-hetero) is 1. The van der Waals surface area contributed by atoms with E-state index < -0.39 is 18.1 Å². The molecule has 0 aliphatic rings. The minimum absolute atomic E-state index is 0.0717. The van der Waals surface area contributed by atoms with Crippen LogP contribution in [0.1, 0.15) is 29.3 Å². The zero-order valence-electron chi connectivity index (χ0n) is 8.18. The Morgan fingerprint density at radius 3 is 2.21 bits per heavy atom.